The van der Waals surface area contributed by atoms with Crippen LogP contribution in [-0.2, 0) is 6.61 Å². The highest BCUT2D eigenvalue weighted by Gasteiger charge is 2.12. The van der Waals surface area contributed by atoms with Crippen molar-refractivity contribution < 1.29 is 14.3 Å². The zero-order valence-corrected chi connectivity index (χ0v) is 15.8. The van der Waals surface area contributed by atoms with Crippen molar-refractivity contribution in [3.63, 3.8) is 0 Å². The van der Waals surface area contributed by atoms with Crippen molar-refractivity contribution in [1.29, 1.82) is 0 Å². The number of hydrogen-bond donors (Lipinski definition) is 1. The van der Waals surface area contributed by atoms with Gasteiger partial charge in [-0.05, 0) is 61.4 Å². The summed E-state index contributed by atoms with van der Waals surface area (Å²) in [4.78, 5) is 12.7. The SMILES string of the molecule is COc1ccc(C(=O)Nc2cc(C)ccc2C)cc1COc1ccccc1. The smallest absolute Gasteiger partial charge is 0.255 e. The van der Waals surface area contributed by atoms with Gasteiger partial charge in [0.1, 0.15) is 18.1 Å². The summed E-state index contributed by atoms with van der Waals surface area (Å²) >= 11 is 0. The first kappa shape index (κ1) is 18.5. The lowest BCUT2D eigenvalue weighted by Gasteiger charge is -2.13. The molecule has 4 heteroatoms. The number of nitrogens with one attached hydrogen (secondary N) is 1. The molecule has 3 rings (SSSR count). The predicted molar refractivity (Wildman–Crippen MR) is 108 cm³/mol. The van der Waals surface area contributed by atoms with Crippen LogP contribution in [0.3, 0.4) is 0 Å². The topological polar surface area (TPSA) is 47.6 Å². The van der Waals surface area contributed by atoms with Gasteiger partial charge in [-0.2, -0.15) is 0 Å². The van der Waals surface area contributed by atoms with E-state index in [1.807, 2.05) is 68.4 Å². The number of benzene rings is 3. The molecule has 0 heterocycles. The van der Waals surface area contributed by atoms with Crippen molar-refractivity contribution in [2.24, 2.45) is 0 Å². The molecule has 0 spiro atoms. The molecule has 4 nitrogen and oxygen atoms in total. The van der Waals surface area contributed by atoms with Crippen LogP contribution >= 0.6 is 0 Å². The van der Waals surface area contributed by atoms with E-state index >= 15 is 0 Å². The van der Waals surface area contributed by atoms with Gasteiger partial charge in [0, 0.05) is 16.8 Å². The maximum absolute atomic E-state index is 12.7. The second-order valence-electron chi connectivity index (χ2n) is 6.40. The molecule has 138 valence electrons. The van der Waals surface area contributed by atoms with Gasteiger partial charge in [-0.3, -0.25) is 4.79 Å². The van der Waals surface area contributed by atoms with Gasteiger partial charge in [0.15, 0.2) is 0 Å². The fraction of sp³-hybridized carbons (Fsp3) is 0.174. The maximum Gasteiger partial charge on any atom is 0.255 e. The summed E-state index contributed by atoms with van der Waals surface area (Å²) in [6.45, 7) is 4.29. The third-order valence-corrected chi connectivity index (χ3v) is 4.32. The van der Waals surface area contributed by atoms with Crippen LogP contribution in [0.1, 0.15) is 27.0 Å². The molecule has 0 atom stereocenters. The molecule has 0 fully saturated rings. The highest BCUT2D eigenvalue weighted by Crippen LogP contribution is 2.24. The van der Waals surface area contributed by atoms with Crippen LogP contribution in [0.4, 0.5) is 5.69 Å². The number of ether oxygens (including phenoxy) is 2. The van der Waals surface area contributed by atoms with Crippen LogP contribution in [0.5, 0.6) is 11.5 Å². The Morgan fingerprint density at radius 1 is 0.963 bits per heavy atom. The summed E-state index contributed by atoms with van der Waals surface area (Å²) in [7, 11) is 1.61. The van der Waals surface area contributed by atoms with E-state index in [0.29, 0.717) is 17.9 Å². The lowest BCUT2D eigenvalue weighted by molar-refractivity contribution is 0.102. The first-order valence-electron chi connectivity index (χ1n) is 8.80. The van der Waals surface area contributed by atoms with E-state index in [9.17, 15) is 4.79 Å². The molecule has 0 aliphatic carbocycles. The van der Waals surface area contributed by atoms with Crippen molar-refractivity contribution >= 4 is 11.6 Å². The highest BCUT2D eigenvalue weighted by atomic mass is 16.5. The Morgan fingerprint density at radius 3 is 2.48 bits per heavy atom. The minimum atomic E-state index is -0.160. The van der Waals surface area contributed by atoms with E-state index in [4.69, 9.17) is 9.47 Å². The van der Waals surface area contributed by atoms with Gasteiger partial charge >= 0.3 is 0 Å². The Bertz CT molecular complexity index is 936. The van der Waals surface area contributed by atoms with Gasteiger partial charge in [0.2, 0.25) is 0 Å². The highest BCUT2D eigenvalue weighted by molar-refractivity contribution is 6.04. The Morgan fingerprint density at radius 2 is 1.74 bits per heavy atom. The summed E-state index contributed by atoms with van der Waals surface area (Å²) in [6, 6.07) is 20.9. The fourth-order valence-corrected chi connectivity index (χ4v) is 2.78. The van der Waals surface area contributed by atoms with Crippen molar-refractivity contribution in [2.45, 2.75) is 20.5 Å². The molecule has 0 aliphatic rings. The number of carbonyl (C=O) groups excluding carboxylic acids is 1. The van der Waals surface area contributed by atoms with E-state index in [1.165, 1.54) is 0 Å². The van der Waals surface area contributed by atoms with Gasteiger partial charge in [0.25, 0.3) is 5.91 Å². The van der Waals surface area contributed by atoms with Crippen LogP contribution < -0.4 is 14.8 Å². The molecule has 1 N–H and O–H groups in total. The molecule has 27 heavy (non-hydrogen) atoms. The number of methoxy groups -OCH3 is 1. The first-order chi connectivity index (χ1) is 13.1. The van der Waals surface area contributed by atoms with Gasteiger partial charge in [-0.15, -0.1) is 0 Å². The maximum atomic E-state index is 12.7. The number of carbonyl (C=O) groups is 1. The van der Waals surface area contributed by atoms with Gasteiger partial charge in [-0.25, -0.2) is 0 Å². The Balaban J connectivity index is 1.79. The number of aryl methyl sites for hydroxylation is 2. The molecule has 0 aromatic heterocycles. The summed E-state index contributed by atoms with van der Waals surface area (Å²) in [6.07, 6.45) is 0. The summed E-state index contributed by atoms with van der Waals surface area (Å²) in [5.74, 6) is 1.30. The molecule has 0 bridgehead atoms. The number of hydrogen-bond acceptors (Lipinski definition) is 3. The monoisotopic (exact) mass is 361 g/mol. The van der Waals surface area contributed by atoms with E-state index in [0.717, 1.165) is 28.1 Å². The average Bonchev–Trinajstić information content (AvgIpc) is 2.69. The molecule has 0 saturated heterocycles. The molecular weight excluding hydrogens is 338 g/mol. The van der Waals surface area contributed by atoms with Crippen LogP contribution in [0.2, 0.25) is 0 Å². The fourth-order valence-electron chi connectivity index (χ4n) is 2.78. The largest absolute Gasteiger partial charge is 0.496 e. The van der Waals surface area contributed by atoms with Gasteiger partial charge in [0.05, 0.1) is 7.11 Å². The Labute approximate surface area is 159 Å². The summed E-state index contributed by atoms with van der Waals surface area (Å²) < 4.78 is 11.2. The summed E-state index contributed by atoms with van der Waals surface area (Å²) in [5, 5.41) is 2.99. The molecule has 3 aromatic rings. The second kappa shape index (κ2) is 8.41. The molecule has 0 unspecified atom stereocenters. The zero-order chi connectivity index (χ0) is 19.2. The lowest BCUT2D eigenvalue weighted by atomic mass is 10.1. The minimum absolute atomic E-state index is 0.160. The van der Waals surface area contributed by atoms with Crippen LogP contribution in [-0.4, -0.2) is 13.0 Å². The number of amides is 1. The molecule has 0 saturated carbocycles. The van der Waals surface area contributed by atoms with E-state index < -0.39 is 0 Å². The molecule has 0 radical (unpaired) electrons. The second-order valence-corrected chi connectivity index (χ2v) is 6.40. The number of rotatable bonds is 6. The van der Waals surface area contributed by atoms with Crippen LogP contribution in [0.25, 0.3) is 0 Å². The van der Waals surface area contributed by atoms with E-state index in [-0.39, 0.29) is 5.91 Å². The standard InChI is InChI=1S/C23H23NO3/c1-16-9-10-17(2)21(13-16)24-23(25)18-11-12-22(26-3)19(14-18)15-27-20-7-5-4-6-8-20/h4-14H,15H2,1-3H3,(H,24,25). The molecule has 3 aromatic carbocycles. The first-order valence-corrected chi connectivity index (χ1v) is 8.80. The molecular formula is C23H23NO3. The van der Waals surface area contributed by atoms with Crippen LogP contribution in [0, 0.1) is 13.8 Å². The third kappa shape index (κ3) is 4.67. The van der Waals surface area contributed by atoms with Crippen molar-refractivity contribution in [2.75, 3.05) is 12.4 Å². The quantitative estimate of drug-likeness (QED) is 0.661. The molecule has 1 amide bonds. The van der Waals surface area contributed by atoms with E-state index in [1.54, 1.807) is 19.2 Å². The normalized spacial score (nSPS) is 10.3. The Hall–Kier alpha value is -3.27. The molecule has 0 aliphatic heterocycles. The zero-order valence-electron chi connectivity index (χ0n) is 15.8. The van der Waals surface area contributed by atoms with Gasteiger partial charge in [-0.1, -0.05) is 30.3 Å². The van der Waals surface area contributed by atoms with Crippen molar-refractivity contribution in [3.8, 4) is 11.5 Å². The van der Waals surface area contributed by atoms with Gasteiger partial charge < -0.3 is 14.8 Å². The summed E-state index contributed by atoms with van der Waals surface area (Å²) in [5.41, 5.74) is 4.31. The van der Waals surface area contributed by atoms with Crippen molar-refractivity contribution in [1.82, 2.24) is 0 Å². The van der Waals surface area contributed by atoms with Crippen LogP contribution in [0.15, 0.2) is 66.7 Å². The Kier molecular flexibility index (Phi) is 5.77. The van der Waals surface area contributed by atoms with E-state index in [2.05, 4.69) is 5.32 Å². The van der Waals surface area contributed by atoms with Crippen molar-refractivity contribution in [3.05, 3.63) is 89.0 Å². The average molecular weight is 361 g/mol. The predicted octanol–water partition coefficient (Wildman–Crippen LogP) is 5.14. The minimum Gasteiger partial charge on any atom is -0.496 e. The lowest BCUT2D eigenvalue weighted by Crippen LogP contribution is -2.13. The number of anilines is 1. The third-order valence-electron chi connectivity index (χ3n) is 4.32. The number of para-hydroxylation sites is 1.